The molecule has 0 bridgehead atoms. The van der Waals surface area contributed by atoms with Crippen LogP contribution in [0.25, 0.3) is 11.1 Å². The summed E-state index contributed by atoms with van der Waals surface area (Å²) in [6.07, 6.45) is 0.681. The van der Waals surface area contributed by atoms with Crippen molar-refractivity contribution in [3.8, 4) is 11.1 Å². The van der Waals surface area contributed by atoms with Crippen LogP contribution in [0, 0.1) is 5.92 Å². The van der Waals surface area contributed by atoms with Crippen LogP contribution in [0.4, 0.5) is 0 Å². The monoisotopic (exact) mass is 360 g/mol. The average molecular weight is 361 g/mol. The second-order valence-corrected chi connectivity index (χ2v) is 6.34. The third-order valence-corrected chi connectivity index (χ3v) is 4.41. The summed E-state index contributed by atoms with van der Waals surface area (Å²) >= 11 is 6.02. The Labute approximate surface area is 152 Å². The van der Waals surface area contributed by atoms with E-state index in [2.05, 4.69) is 5.32 Å². The predicted octanol–water partition coefficient (Wildman–Crippen LogP) is 3.66. The maximum Gasteiger partial charge on any atom is 0.266 e. The first-order chi connectivity index (χ1) is 12.0. The molecule has 2 atom stereocenters. The summed E-state index contributed by atoms with van der Waals surface area (Å²) < 4.78 is 0. The molecular weight excluding hydrogens is 340 g/mol. The van der Waals surface area contributed by atoms with Gasteiger partial charge < -0.3 is 5.32 Å². The molecule has 0 radical (unpaired) electrons. The largest absolute Gasteiger partial charge is 0.340 e. The zero-order chi connectivity index (χ0) is 18.4. The van der Waals surface area contributed by atoms with Gasteiger partial charge in [0.1, 0.15) is 6.04 Å². The maximum atomic E-state index is 12.5. The van der Waals surface area contributed by atoms with Gasteiger partial charge in [0.2, 0.25) is 0 Å². The maximum absolute atomic E-state index is 12.5. The summed E-state index contributed by atoms with van der Waals surface area (Å²) in [7, 11) is 0. The van der Waals surface area contributed by atoms with Gasteiger partial charge in [-0.05, 0) is 41.3 Å². The van der Waals surface area contributed by atoms with Gasteiger partial charge in [-0.1, -0.05) is 56.1 Å². The van der Waals surface area contributed by atoms with Crippen LogP contribution in [0.15, 0.2) is 48.5 Å². The van der Waals surface area contributed by atoms with Gasteiger partial charge in [-0.25, -0.2) is 5.48 Å². The number of carbonyl (C=O) groups excluding carboxylic acids is 2. The number of nitrogens with one attached hydrogen (secondary N) is 2. The van der Waals surface area contributed by atoms with Crippen LogP contribution in [0.3, 0.4) is 0 Å². The summed E-state index contributed by atoms with van der Waals surface area (Å²) in [5.74, 6) is -1.13. The van der Waals surface area contributed by atoms with Crippen molar-refractivity contribution in [1.29, 1.82) is 0 Å². The highest BCUT2D eigenvalue weighted by atomic mass is 35.5. The molecule has 0 aliphatic carbocycles. The predicted molar refractivity (Wildman–Crippen MR) is 97.5 cm³/mol. The molecule has 0 saturated carbocycles. The molecule has 25 heavy (non-hydrogen) atoms. The number of carbonyl (C=O) groups is 2. The Hall–Kier alpha value is -2.37. The van der Waals surface area contributed by atoms with Gasteiger partial charge in [-0.2, -0.15) is 0 Å². The van der Waals surface area contributed by atoms with E-state index in [1.807, 2.05) is 38.1 Å². The van der Waals surface area contributed by atoms with Crippen LogP contribution in [-0.2, 0) is 4.79 Å². The standard InChI is InChI=1S/C19H21ClN2O3/c1-3-12(2)17(19(24)22-25)21-18(23)15-8-4-6-13(10-15)14-7-5-9-16(20)11-14/h4-12,17,25H,3H2,1-2H3,(H,21,23)(H,22,24)/t12-,17-/m0/s1. The number of hydrogen-bond acceptors (Lipinski definition) is 3. The normalized spacial score (nSPS) is 13.0. The van der Waals surface area contributed by atoms with Crippen LogP contribution in [-0.4, -0.2) is 23.1 Å². The van der Waals surface area contributed by atoms with Crippen molar-refractivity contribution < 1.29 is 14.8 Å². The van der Waals surface area contributed by atoms with E-state index in [1.165, 1.54) is 0 Å². The smallest absolute Gasteiger partial charge is 0.266 e. The summed E-state index contributed by atoms with van der Waals surface area (Å²) in [5.41, 5.74) is 3.79. The molecule has 0 aromatic heterocycles. The van der Waals surface area contributed by atoms with Gasteiger partial charge in [0, 0.05) is 10.6 Å². The second kappa shape index (κ2) is 8.65. The molecule has 132 valence electrons. The molecule has 0 aliphatic heterocycles. The number of amides is 2. The molecule has 0 fully saturated rings. The Kier molecular flexibility index (Phi) is 6.56. The molecule has 0 saturated heterocycles. The van der Waals surface area contributed by atoms with E-state index in [9.17, 15) is 9.59 Å². The second-order valence-electron chi connectivity index (χ2n) is 5.90. The number of hydrogen-bond donors (Lipinski definition) is 3. The zero-order valence-electron chi connectivity index (χ0n) is 14.1. The average Bonchev–Trinajstić information content (AvgIpc) is 2.64. The summed E-state index contributed by atoms with van der Waals surface area (Å²) in [4.78, 5) is 24.4. The third-order valence-electron chi connectivity index (χ3n) is 4.17. The number of benzene rings is 2. The first kappa shape index (κ1) is 19.0. The van der Waals surface area contributed by atoms with E-state index in [4.69, 9.17) is 16.8 Å². The lowest BCUT2D eigenvalue weighted by atomic mass is 9.97. The van der Waals surface area contributed by atoms with Crippen LogP contribution in [0.1, 0.15) is 30.6 Å². The molecule has 0 unspecified atom stereocenters. The van der Waals surface area contributed by atoms with E-state index in [-0.39, 0.29) is 11.8 Å². The highest BCUT2D eigenvalue weighted by molar-refractivity contribution is 6.30. The molecule has 5 nitrogen and oxygen atoms in total. The molecule has 2 aromatic carbocycles. The Morgan fingerprint density at radius 1 is 1.12 bits per heavy atom. The van der Waals surface area contributed by atoms with E-state index >= 15 is 0 Å². The van der Waals surface area contributed by atoms with Gasteiger partial charge in [-0.3, -0.25) is 14.8 Å². The summed E-state index contributed by atoms with van der Waals surface area (Å²) in [5, 5.41) is 12.2. The van der Waals surface area contributed by atoms with E-state index in [1.54, 1.807) is 29.7 Å². The molecule has 2 rings (SSSR count). The van der Waals surface area contributed by atoms with E-state index in [0.717, 1.165) is 11.1 Å². The highest BCUT2D eigenvalue weighted by Crippen LogP contribution is 2.23. The minimum Gasteiger partial charge on any atom is -0.340 e. The fourth-order valence-corrected chi connectivity index (χ4v) is 2.69. The summed E-state index contributed by atoms with van der Waals surface area (Å²) in [6.45, 7) is 3.75. The molecule has 6 heteroatoms. The minimum absolute atomic E-state index is 0.118. The zero-order valence-corrected chi connectivity index (χ0v) is 14.9. The lowest BCUT2D eigenvalue weighted by Gasteiger charge is -2.22. The van der Waals surface area contributed by atoms with Crippen LogP contribution >= 0.6 is 11.6 Å². The first-order valence-corrected chi connectivity index (χ1v) is 8.44. The van der Waals surface area contributed by atoms with Crippen molar-refractivity contribution in [1.82, 2.24) is 10.8 Å². The third kappa shape index (κ3) is 4.81. The molecule has 2 amide bonds. The first-order valence-electron chi connectivity index (χ1n) is 8.07. The quantitative estimate of drug-likeness (QED) is 0.543. The fraction of sp³-hybridized carbons (Fsp3) is 0.263. The molecule has 2 aromatic rings. The molecular formula is C19H21ClN2O3. The molecule has 0 spiro atoms. The SMILES string of the molecule is CC[C@H](C)[C@H](NC(=O)c1cccc(-c2cccc(Cl)c2)c1)C(=O)NO. The molecule has 0 aliphatic rings. The van der Waals surface area contributed by atoms with E-state index in [0.29, 0.717) is 17.0 Å². The van der Waals surface area contributed by atoms with Crippen molar-refractivity contribution >= 4 is 23.4 Å². The number of halogens is 1. The summed E-state index contributed by atoms with van der Waals surface area (Å²) in [6, 6.07) is 13.6. The number of hydroxylamine groups is 1. The van der Waals surface area contributed by atoms with Crippen LogP contribution in [0.5, 0.6) is 0 Å². The van der Waals surface area contributed by atoms with Gasteiger partial charge in [-0.15, -0.1) is 0 Å². The van der Waals surface area contributed by atoms with Gasteiger partial charge in [0.05, 0.1) is 0 Å². The lowest BCUT2D eigenvalue weighted by molar-refractivity contribution is -0.132. The Morgan fingerprint density at radius 3 is 2.36 bits per heavy atom. The van der Waals surface area contributed by atoms with Crippen molar-refractivity contribution in [2.24, 2.45) is 5.92 Å². The van der Waals surface area contributed by atoms with Crippen molar-refractivity contribution in [3.63, 3.8) is 0 Å². The molecule has 3 N–H and O–H groups in total. The fourth-order valence-electron chi connectivity index (χ4n) is 2.50. The van der Waals surface area contributed by atoms with Crippen LogP contribution < -0.4 is 10.8 Å². The van der Waals surface area contributed by atoms with Gasteiger partial charge in [0.25, 0.3) is 11.8 Å². The van der Waals surface area contributed by atoms with E-state index < -0.39 is 11.9 Å². The Bertz CT molecular complexity index is 764. The van der Waals surface area contributed by atoms with Crippen molar-refractivity contribution in [2.75, 3.05) is 0 Å². The van der Waals surface area contributed by atoms with Gasteiger partial charge in [0.15, 0.2) is 0 Å². The van der Waals surface area contributed by atoms with Crippen molar-refractivity contribution in [2.45, 2.75) is 26.3 Å². The lowest BCUT2D eigenvalue weighted by Crippen LogP contribution is -2.49. The minimum atomic E-state index is -0.808. The highest BCUT2D eigenvalue weighted by Gasteiger charge is 2.26. The van der Waals surface area contributed by atoms with Crippen LogP contribution in [0.2, 0.25) is 5.02 Å². The molecule has 0 heterocycles. The Morgan fingerprint density at radius 2 is 1.76 bits per heavy atom. The van der Waals surface area contributed by atoms with Gasteiger partial charge >= 0.3 is 0 Å². The number of rotatable bonds is 6. The topological polar surface area (TPSA) is 78.4 Å². The van der Waals surface area contributed by atoms with Crippen molar-refractivity contribution in [3.05, 3.63) is 59.1 Å². The Balaban J connectivity index is 2.24.